The van der Waals surface area contributed by atoms with Crippen molar-refractivity contribution in [2.75, 3.05) is 5.32 Å². The van der Waals surface area contributed by atoms with Crippen LogP contribution in [0.25, 0.3) is 0 Å². The Labute approximate surface area is 115 Å². The van der Waals surface area contributed by atoms with E-state index in [0.717, 1.165) is 0 Å². The second-order valence-corrected chi connectivity index (χ2v) is 4.54. The first-order valence-electron chi connectivity index (χ1n) is 5.19. The Morgan fingerprint density at radius 2 is 1.63 bits per heavy atom. The average molecular weight is 330 g/mol. The molecule has 0 spiro atoms. The molecule has 0 aliphatic carbocycles. The van der Waals surface area contributed by atoms with Crippen LogP contribution in [0.1, 0.15) is 10.4 Å². The first-order chi connectivity index (χ1) is 8.99. The molecule has 98 valence electrons. The number of amides is 1. The van der Waals surface area contributed by atoms with Gasteiger partial charge in [0.1, 0.15) is 0 Å². The van der Waals surface area contributed by atoms with E-state index in [9.17, 15) is 18.0 Å². The van der Waals surface area contributed by atoms with Crippen LogP contribution in [0.4, 0.5) is 18.9 Å². The number of rotatable bonds is 2. The Morgan fingerprint density at radius 1 is 1.05 bits per heavy atom. The monoisotopic (exact) mass is 329 g/mol. The Morgan fingerprint density at radius 3 is 2.21 bits per heavy atom. The molecule has 0 aliphatic rings. The van der Waals surface area contributed by atoms with E-state index in [2.05, 4.69) is 21.2 Å². The second-order valence-electron chi connectivity index (χ2n) is 3.69. The zero-order valence-electron chi connectivity index (χ0n) is 9.38. The summed E-state index contributed by atoms with van der Waals surface area (Å²) in [5.74, 6) is -4.85. The highest BCUT2D eigenvalue weighted by Crippen LogP contribution is 2.20. The van der Waals surface area contributed by atoms with Gasteiger partial charge in [-0.25, -0.2) is 13.2 Å². The largest absolute Gasteiger partial charge is 0.322 e. The topological polar surface area (TPSA) is 29.1 Å². The average Bonchev–Trinajstić information content (AvgIpc) is 2.36. The molecule has 2 aromatic carbocycles. The number of benzene rings is 2. The normalized spacial score (nSPS) is 10.3. The molecule has 0 atom stereocenters. The van der Waals surface area contributed by atoms with Gasteiger partial charge in [-0.2, -0.15) is 0 Å². The maximum Gasteiger partial charge on any atom is 0.256 e. The molecule has 0 fully saturated rings. The molecule has 6 heteroatoms. The molecule has 0 bridgehead atoms. The van der Waals surface area contributed by atoms with Gasteiger partial charge < -0.3 is 5.32 Å². The van der Waals surface area contributed by atoms with Crippen molar-refractivity contribution in [3.05, 3.63) is 63.9 Å². The smallest absolute Gasteiger partial charge is 0.256 e. The van der Waals surface area contributed by atoms with Crippen LogP contribution in [-0.2, 0) is 0 Å². The molecule has 2 nitrogen and oxygen atoms in total. The van der Waals surface area contributed by atoms with Crippen molar-refractivity contribution < 1.29 is 18.0 Å². The summed E-state index contributed by atoms with van der Waals surface area (Å²) < 4.78 is 39.3. The molecule has 0 unspecified atom stereocenters. The second kappa shape index (κ2) is 5.44. The Kier molecular flexibility index (Phi) is 3.90. The first-order valence-corrected chi connectivity index (χ1v) is 5.99. The zero-order valence-corrected chi connectivity index (χ0v) is 11.0. The molecule has 0 saturated heterocycles. The molecule has 2 rings (SSSR count). The van der Waals surface area contributed by atoms with Crippen molar-refractivity contribution in [3.8, 4) is 0 Å². The van der Waals surface area contributed by atoms with E-state index >= 15 is 0 Å². The molecule has 1 N–H and O–H groups in total. The van der Waals surface area contributed by atoms with E-state index in [1.165, 1.54) is 6.07 Å². The van der Waals surface area contributed by atoms with Gasteiger partial charge in [0.05, 0.1) is 5.56 Å². The van der Waals surface area contributed by atoms with Gasteiger partial charge in [-0.3, -0.25) is 4.79 Å². The van der Waals surface area contributed by atoms with Crippen LogP contribution in [0.2, 0.25) is 0 Å². The summed E-state index contributed by atoms with van der Waals surface area (Å²) in [6, 6.07) is 7.99. The van der Waals surface area contributed by atoms with Gasteiger partial charge in [-0.15, -0.1) is 0 Å². The lowest BCUT2D eigenvalue weighted by Crippen LogP contribution is -2.13. The van der Waals surface area contributed by atoms with Crippen LogP contribution >= 0.6 is 15.9 Å². The van der Waals surface area contributed by atoms with E-state index < -0.39 is 23.4 Å². The molecule has 2 aromatic rings. The lowest BCUT2D eigenvalue weighted by atomic mass is 10.2. The highest BCUT2D eigenvalue weighted by Gasteiger charge is 2.14. The summed E-state index contributed by atoms with van der Waals surface area (Å²) in [6.07, 6.45) is 0. The van der Waals surface area contributed by atoms with E-state index in [-0.39, 0.29) is 5.69 Å². The fraction of sp³-hybridized carbons (Fsp3) is 0. The van der Waals surface area contributed by atoms with Gasteiger partial charge in [-0.05, 0) is 28.1 Å². The molecular weight excluding hydrogens is 323 g/mol. The van der Waals surface area contributed by atoms with Crippen molar-refractivity contribution in [2.45, 2.75) is 0 Å². The van der Waals surface area contributed by atoms with Crippen LogP contribution in [0.15, 0.2) is 40.9 Å². The lowest BCUT2D eigenvalue weighted by Gasteiger charge is -2.07. The van der Waals surface area contributed by atoms with E-state index in [1.54, 1.807) is 18.2 Å². The van der Waals surface area contributed by atoms with Crippen LogP contribution in [-0.4, -0.2) is 5.91 Å². The van der Waals surface area contributed by atoms with Crippen LogP contribution in [0.3, 0.4) is 0 Å². The molecule has 0 heterocycles. The van der Waals surface area contributed by atoms with Crippen LogP contribution in [0, 0.1) is 17.5 Å². The SMILES string of the molecule is O=C(Nc1cc(F)c(F)c(F)c1)c1ccccc1Br. The van der Waals surface area contributed by atoms with E-state index in [0.29, 0.717) is 22.2 Å². The highest BCUT2D eigenvalue weighted by molar-refractivity contribution is 9.10. The van der Waals surface area contributed by atoms with Gasteiger partial charge >= 0.3 is 0 Å². The highest BCUT2D eigenvalue weighted by atomic mass is 79.9. The minimum absolute atomic E-state index is 0.155. The lowest BCUT2D eigenvalue weighted by molar-refractivity contribution is 0.102. The Hall–Kier alpha value is -1.82. The minimum atomic E-state index is -1.57. The number of hydrogen-bond donors (Lipinski definition) is 1. The number of nitrogens with one attached hydrogen (secondary N) is 1. The number of anilines is 1. The Bertz CT molecular complexity index is 623. The van der Waals surface area contributed by atoms with Crippen molar-refractivity contribution in [1.82, 2.24) is 0 Å². The van der Waals surface area contributed by atoms with Gasteiger partial charge in [0.25, 0.3) is 5.91 Å². The van der Waals surface area contributed by atoms with E-state index in [1.807, 2.05) is 0 Å². The van der Waals surface area contributed by atoms with E-state index in [4.69, 9.17) is 0 Å². The first kappa shape index (κ1) is 13.6. The fourth-order valence-corrected chi connectivity index (χ4v) is 1.94. The summed E-state index contributed by atoms with van der Waals surface area (Å²) in [4.78, 5) is 11.9. The van der Waals surface area contributed by atoms with Crippen molar-refractivity contribution in [2.24, 2.45) is 0 Å². The number of carbonyl (C=O) groups is 1. The molecular formula is C13H7BrF3NO. The summed E-state index contributed by atoms with van der Waals surface area (Å²) >= 11 is 3.18. The molecule has 19 heavy (non-hydrogen) atoms. The van der Waals surface area contributed by atoms with Crippen molar-refractivity contribution in [1.29, 1.82) is 0 Å². The summed E-state index contributed by atoms with van der Waals surface area (Å²) in [7, 11) is 0. The predicted octanol–water partition coefficient (Wildman–Crippen LogP) is 4.12. The number of carbonyl (C=O) groups excluding carboxylic acids is 1. The molecule has 0 aromatic heterocycles. The third kappa shape index (κ3) is 2.96. The summed E-state index contributed by atoms with van der Waals surface area (Å²) in [5.41, 5.74) is 0.143. The van der Waals surface area contributed by atoms with Gasteiger partial charge in [0, 0.05) is 22.3 Å². The maximum atomic E-state index is 13.0. The summed E-state index contributed by atoms with van der Waals surface area (Å²) in [5, 5.41) is 2.29. The fourth-order valence-electron chi connectivity index (χ4n) is 1.47. The standard InChI is InChI=1S/C13H7BrF3NO/c14-9-4-2-1-3-8(9)13(19)18-7-5-10(15)12(17)11(16)6-7/h1-6H,(H,18,19). The molecule has 0 saturated carbocycles. The minimum Gasteiger partial charge on any atom is -0.322 e. The molecule has 1 amide bonds. The third-order valence-electron chi connectivity index (χ3n) is 2.36. The van der Waals surface area contributed by atoms with Gasteiger partial charge in [0.15, 0.2) is 17.5 Å². The molecule has 0 aliphatic heterocycles. The third-order valence-corrected chi connectivity index (χ3v) is 3.05. The quantitative estimate of drug-likeness (QED) is 0.825. The zero-order chi connectivity index (χ0) is 14.0. The maximum absolute atomic E-state index is 13.0. The van der Waals surface area contributed by atoms with Gasteiger partial charge in [-0.1, -0.05) is 12.1 Å². The van der Waals surface area contributed by atoms with Crippen LogP contribution in [0.5, 0.6) is 0 Å². The van der Waals surface area contributed by atoms with Crippen molar-refractivity contribution >= 4 is 27.5 Å². The summed E-state index contributed by atoms with van der Waals surface area (Å²) in [6.45, 7) is 0. The van der Waals surface area contributed by atoms with Crippen molar-refractivity contribution in [3.63, 3.8) is 0 Å². The molecule has 0 radical (unpaired) electrons. The predicted molar refractivity (Wildman–Crippen MR) is 68.4 cm³/mol. The number of halogens is 4. The van der Waals surface area contributed by atoms with Gasteiger partial charge in [0.2, 0.25) is 0 Å². The number of hydrogen-bond acceptors (Lipinski definition) is 1. The van der Waals surface area contributed by atoms with Crippen LogP contribution < -0.4 is 5.32 Å². The Balaban J connectivity index is 2.27.